The molecule has 6 heteroatoms. The fourth-order valence-electron chi connectivity index (χ4n) is 1.59. The molecule has 1 atom stereocenters. The maximum atomic E-state index is 11.9. The molecule has 6 nitrogen and oxygen atoms in total. The zero-order valence-electron chi connectivity index (χ0n) is 10.7. The first kappa shape index (κ1) is 13.2. The molecule has 0 aromatic carbocycles. The van der Waals surface area contributed by atoms with Crippen LogP contribution in [0.2, 0.25) is 0 Å². The van der Waals surface area contributed by atoms with E-state index in [1.165, 1.54) is 0 Å². The quantitative estimate of drug-likeness (QED) is 0.832. The van der Waals surface area contributed by atoms with Gasteiger partial charge in [0.05, 0.1) is 11.8 Å². The van der Waals surface area contributed by atoms with Gasteiger partial charge in [-0.1, -0.05) is 0 Å². The van der Waals surface area contributed by atoms with Crippen LogP contribution < -0.4 is 5.32 Å². The Kier molecular flexibility index (Phi) is 4.25. The highest BCUT2D eigenvalue weighted by Crippen LogP contribution is 2.06. The summed E-state index contributed by atoms with van der Waals surface area (Å²) in [5, 5.41) is 15.9. The average Bonchev–Trinajstić information content (AvgIpc) is 2.92. The summed E-state index contributed by atoms with van der Waals surface area (Å²) in [5.41, 5.74) is 1.11. The highest BCUT2D eigenvalue weighted by atomic mass is 16.3. The van der Waals surface area contributed by atoms with Crippen LogP contribution in [0.3, 0.4) is 0 Å². The SMILES string of the molecule is CC(O)CCNC(=O)c1cc(-n2cccn2)ccn1. The number of amides is 1. The summed E-state index contributed by atoms with van der Waals surface area (Å²) in [5.74, 6) is -0.255. The average molecular weight is 260 g/mol. The molecule has 0 radical (unpaired) electrons. The van der Waals surface area contributed by atoms with Gasteiger partial charge in [-0.3, -0.25) is 9.78 Å². The fraction of sp³-hybridized carbons (Fsp3) is 0.308. The van der Waals surface area contributed by atoms with E-state index in [-0.39, 0.29) is 5.91 Å². The van der Waals surface area contributed by atoms with E-state index in [2.05, 4.69) is 15.4 Å². The molecular weight excluding hydrogens is 244 g/mol. The molecule has 0 saturated heterocycles. The van der Waals surface area contributed by atoms with Crippen LogP contribution >= 0.6 is 0 Å². The van der Waals surface area contributed by atoms with Gasteiger partial charge >= 0.3 is 0 Å². The van der Waals surface area contributed by atoms with Crippen molar-refractivity contribution in [3.8, 4) is 5.69 Å². The van der Waals surface area contributed by atoms with E-state index in [0.29, 0.717) is 18.7 Å². The van der Waals surface area contributed by atoms with Gasteiger partial charge < -0.3 is 10.4 Å². The molecule has 100 valence electrons. The number of carbonyl (C=O) groups is 1. The first-order chi connectivity index (χ1) is 9.16. The van der Waals surface area contributed by atoms with Crippen LogP contribution in [0, 0.1) is 0 Å². The van der Waals surface area contributed by atoms with Crippen molar-refractivity contribution in [1.82, 2.24) is 20.1 Å². The highest BCUT2D eigenvalue weighted by molar-refractivity contribution is 5.92. The lowest BCUT2D eigenvalue weighted by atomic mass is 10.2. The Morgan fingerprint density at radius 3 is 3.05 bits per heavy atom. The third-order valence-electron chi connectivity index (χ3n) is 2.59. The number of aliphatic hydroxyl groups is 1. The van der Waals surface area contributed by atoms with Gasteiger partial charge in [-0.2, -0.15) is 5.10 Å². The van der Waals surface area contributed by atoms with Crippen molar-refractivity contribution in [1.29, 1.82) is 0 Å². The Morgan fingerprint density at radius 1 is 1.53 bits per heavy atom. The number of pyridine rings is 1. The number of aromatic nitrogens is 3. The number of carbonyl (C=O) groups excluding carboxylic acids is 1. The largest absolute Gasteiger partial charge is 0.393 e. The lowest BCUT2D eigenvalue weighted by Gasteiger charge is -2.07. The zero-order chi connectivity index (χ0) is 13.7. The van der Waals surface area contributed by atoms with Gasteiger partial charge in [-0.25, -0.2) is 4.68 Å². The molecule has 2 heterocycles. The first-order valence-electron chi connectivity index (χ1n) is 6.09. The van der Waals surface area contributed by atoms with E-state index in [4.69, 9.17) is 5.11 Å². The van der Waals surface area contributed by atoms with E-state index in [1.54, 1.807) is 42.3 Å². The second-order valence-electron chi connectivity index (χ2n) is 4.24. The number of hydrogen-bond donors (Lipinski definition) is 2. The van der Waals surface area contributed by atoms with Gasteiger partial charge in [0.1, 0.15) is 5.69 Å². The minimum atomic E-state index is -0.427. The van der Waals surface area contributed by atoms with E-state index in [1.807, 2.05) is 6.07 Å². The lowest BCUT2D eigenvalue weighted by molar-refractivity contribution is 0.0940. The third kappa shape index (κ3) is 3.62. The summed E-state index contributed by atoms with van der Waals surface area (Å²) < 4.78 is 1.66. The smallest absolute Gasteiger partial charge is 0.269 e. The van der Waals surface area contributed by atoms with Crippen molar-refractivity contribution in [2.75, 3.05) is 6.54 Å². The number of rotatable bonds is 5. The third-order valence-corrected chi connectivity index (χ3v) is 2.59. The standard InChI is InChI=1S/C13H16N4O2/c1-10(18)3-6-15-13(19)12-9-11(4-7-14-12)17-8-2-5-16-17/h2,4-5,7-10,18H,3,6H2,1H3,(H,15,19). The Balaban J connectivity index is 2.04. The number of nitrogens with zero attached hydrogens (tertiary/aromatic N) is 3. The molecule has 0 fully saturated rings. The molecule has 0 bridgehead atoms. The van der Waals surface area contributed by atoms with E-state index in [0.717, 1.165) is 5.69 Å². The number of aliphatic hydroxyl groups excluding tert-OH is 1. The summed E-state index contributed by atoms with van der Waals surface area (Å²) in [6.07, 6.45) is 5.13. The van der Waals surface area contributed by atoms with Crippen molar-refractivity contribution in [3.63, 3.8) is 0 Å². The molecule has 0 aliphatic heterocycles. The first-order valence-corrected chi connectivity index (χ1v) is 6.09. The summed E-state index contributed by atoms with van der Waals surface area (Å²) in [7, 11) is 0. The van der Waals surface area contributed by atoms with Gasteiger partial charge in [0.15, 0.2) is 0 Å². The molecule has 0 aliphatic carbocycles. The van der Waals surface area contributed by atoms with Gasteiger partial charge in [0.25, 0.3) is 5.91 Å². The molecular formula is C13H16N4O2. The lowest BCUT2D eigenvalue weighted by Crippen LogP contribution is -2.27. The van der Waals surface area contributed by atoms with Crippen LogP contribution in [0.25, 0.3) is 5.69 Å². The molecule has 0 saturated carbocycles. The number of hydrogen-bond acceptors (Lipinski definition) is 4. The van der Waals surface area contributed by atoms with Gasteiger partial charge in [0, 0.05) is 25.1 Å². The Labute approximate surface area is 111 Å². The van der Waals surface area contributed by atoms with Crippen LogP contribution in [-0.2, 0) is 0 Å². The van der Waals surface area contributed by atoms with E-state index >= 15 is 0 Å². The van der Waals surface area contributed by atoms with Crippen LogP contribution in [0.5, 0.6) is 0 Å². The molecule has 1 amide bonds. The van der Waals surface area contributed by atoms with Crippen LogP contribution in [0.15, 0.2) is 36.8 Å². The normalized spacial score (nSPS) is 12.1. The number of nitrogens with one attached hydrogen (secondary N) is 1. The summed E-state index contributed by atoms with van der Waals surface area (Å²) in [4.78, 5) is 15.9. The predicted octanol–water partition coefficient (Wildman–Crippen LogP) is 0.768. The van der Waals surface area contributed by atoms with Crippen molar-refractivity contribution in [2.24, 2.45) is 0 Å². The Morgan fingerprint density at radius 2 is 2.37 bits per heavy atom. The second-order valence-corrected chi connectivity index (χ2v) is 4.24. The topological polar surface area (TPSA) is 80.0 Å². The van der Waals surface area contributed by atoms with Gasteiger partial charge in [-0.15, -0.1) is 0 Å². The summed E-state index contributed by atoms with van der Waals surface area (Å²) >= 11 is 0. The van der Waals surface area contributed by atoms with Crippen LogP contribution in [0.1, 0.15) is 23.8 Å². The van der Waals surface area contributed by atoms with Gasteiger partial charge in [-0.05, 0) is 31.5 Å². The molecule has 2 N–H and O–H groups in total. The molecule has 1 unspecified atom stereocenters. The van der Waals surface area contributed by atoms with E-state index in [9.17, 15) is 4.79 Å². The molecule has 2 rings (SSSR count). The van der Waals surface area contributed by atoms with Crippen molar-refractivity contribution in [2.45, 2.75) is 19.4 Å². The summed E-state index contributed by atoms with van der Waals surface area (Å²) in [6.45, 7) is 2.10. The minimum Gasteiger partial charge on any atom is -0.393 e. The Hall–Kier alpha value is -2.21. The summed E-state index contributed by atoms with van der Waals surface area (Å²) in [6, 6.07) is 5.26. The molecule has 0 spiro atoms. The minimum absolute atomic E-state index is 0.255. The Bertz CT molecular complexity index is 537. The molecule has 2 aromatic heterocycles. The second kappa shape index (κ2) is 6.10. The molecule has 19 heavy (non-hydrogen) atoms. The highest BCUT2D eigenvalue weighted by Gasteiger charge is 2.08. The maximum absolute atomic E-state index is 11.9. The van der Waals surface area contributed by atoms with Crippen molar-refractivity contribution in [3.05, 3.63) is 42.5 Å². The monoisotopic (exact) mass is 260 g/mol. The zero-order valence-corrected chi connectivity index (χ0v) is 10.7. The van der Waals surface area contributed by atoms with E-state index < -0.39 is 6.10 Å². The fourth-order valence-corrected chi connectivity index (χ4v) is 1.59. The molecule has 2 aromatic rings. The maximum Gasteiger partial charge on any atom is 0.269 e. The van der Waals surface area contributed by atoms with Crippen molar-refractivity contribution < 1.29 is 9.90 Å². The molecule has 0 aliphatic rings. The van der Waals surface area contributed by atoms with Crippen LogP contribution in [0.4, 0.5) is 0 Å². The van der Waals surface area contributed by atoms with Gasteiger partial charge in [0.2, 0.25) is 0 Å². The predicted molar refractivity (Wildman–Crippen MR) is 70.0 cm³/mol. The van der Waals surface area contributed by atoms with Crippen molar-refractivity contribution >= 4 is 5.91 Å². The van der Waals surface area contributed by atoms with Crippen LogP contribution in [-0.4, -0.2) is 38.4 Å².